The van der Waals surface area contributed by atoms with Gasteiger partial charge in [-0.3, -0.25) is 4.79 Å². The summed E-state index contributed by atoms with van der Waals surface area (Å²) >= 11 is 0. The first-order chi connectivity index (χ1) is 11.0. The molecule has 3 aliphatic rings. The third kappa shape index (κ3) is 2.26. The average molecular weight is 310 g/mol. The molecular weight excluding hydrogens is 284 g/mol. The Morgan fingerprint density at radius 2 is 2.13 bits per heavy atom. The zero-order chi connectivity index (χ0) is 16.2. The fraction of sp³-hybridized carbons (Fsp3) is 0.571. The Morgan fingerprint density at radius 1 is 1.30 bits per heavy atom. The number of carbonyl (C=O) groups excluding carboxylic acids is 1. The maximum Gasteiger partial charge on any atom is 0.155 e. The number of hydrogen-bond donors (Lipinski definition) is 0. The molecule has 2 heteroatoms. The number of rotatable bonds is 2. The highest BCUT2D eigenvalue weighted by molar-refractivity contribution is 5.94. The molecule has 2 nitrogen and oxygen atoms in total. The quantitative estimate of drug-likeness (QED) is 0.793. The van der Waals surface area contributed by atoms with Gasteiger partial charge in [-0.05, 0) is 91.0 Å². The molecule has 4 atom stereocenters. The summed E-state index contributed by atoms with van der Waals surface area (Å²) in [6, 6.07) is 6.63. The lowest BCUT2D eigenvalue weighted by Gasteiger charge is -2.49. The summed E-state index contributed by atoms with van der Waals surface area (Å²) in [4.78, 5) is 11.9. The number of methoxy groups -OCH3 is 1. The van der Waals surface area contributed by atoms with E-state index in [9.17, 15) is 4.79 Å². The molecule has 0 bridgehead atoms. The predicted molar refractivity (Wildman–Crippen MR) is 91.8 cm³/mol. The van der Waals surface area contributed by atoms with Crippen LogP contribution in [0.25, 0.3) is 0 Å². The summed E-state index contributed by atoms with van der Waals surface area (Å²) in [6.45, 7) is 4.14. The second-order valence-corrected chi connectivity index (χ2v) is 8.02. The highest BCUT2D eigenvalue weighted by atomic mass is 16.5. The van der Waals surface area contributed by atoms with Crippen LogP contribution in [0.15, 0.2) is 29.8 Å². The number of carbonyl (C=O) groups is 1. The van der Waals surface area contributed by atoms with Crippen LogP contribution in [0.2, 0.25) is 0 Å². The number of hydrogen-bond acceptors (Lipinski definition) is 2. The van der Waals surface area contributed by atoms with E-state index in [0.717, 1.165) is 24.2 Å². The molecule has 1 saturated carbocycles. The third-order valence-corrected chi connectivity index (χ3v) is 6.73. The Morgan fingerprint density at radius 3 is 2.87 bits per heavy atom. The van der Waals surface area contributed by atoms with Crippen molar-refractivity contribution in [2.75, 3.05) is 7.11 Å². The van der Waals surface area contributed by atoms with Gasteiger partial charge in [-0.2, -0.15) is 0 Å². The first-order valence-electron chi connectivity index (χ1n) is 8.90. The molecule has 4 rings (SSSR count). The highest BCUT2D eigenvalue weighted by Gasteiger charge is 2.50. The van der Waals surface area contributed by atoms with E-state index in [1.54, 1.807) is 14.0 Å². The molecule has 0 amide bonds. The first kappa shape index (κ1) is 15.0. The molecule has 1 fully saturated rings. The summed E-state index contributed by atoms with van der Waals surface area (Å²) in [6.07, 6.45) is 8.21. The summed E-state index contributed by atoms with van der Waals surface area (Å²) < 4.78 is 5.40. The van der Waals surface area contributed by atoms with Gasteiger partial charge >= 0.3 is 0 Å². The van der Waals surface area contributed by atoms with Crippen LogP contribution in [0.1, 0.15) is 56.6 Å². The molecular formula is C21H26O2. The van der Waals surface area contributed by atoms with Gasteiger partial charge in [-0.1, -0.05) is 19.1 Å². The number of fused-ring (bicyclic) bond motifs is 5. The molecule has 0 radical (unpaired) electrons. The van der Waals surface area contributed by atoms with Gasteiger partial charge in [0.2, 0.25) is 0 Å². The van der Waals surface area contributed by atoms with Crippen molar-refractivity contribution >= 4 is 5.78 Å². The van der Waals surface area contributed by atoms with Gasteiger partial charge in [0.25, 0.3) is 0 Å². The standard InChI is InChI=1S/C21H26O2/c1-13(22)15-11-20-19-6-4-14-10-16(23-3)5-7-17(14)18(19)8-9-21(20,2)12-15/h5,7,10-11,18-20H,4,6,8-9,12H2,1-3H3/t18-,19-,20-,21+/m1/s1. The molecule has 0 unspecified atom stereocenters. The van der Waals surface area contributed by atoms with E-state index < -0.39 is 0 Å². The van der Waals surface area contributed by atoms with Crippen molar-refractivity contribution in [3.63, 3.8) is 0 Å². The van der Waals surface area contributed by atoms with E-state index in [2.05, 4.69) is 31.2 Å². The minimum absolute atomic E-state index is 0.276. The molecule has 0 heterocycles. The normalized spacial score (nSPS) is 34.9. The lowest BCUT2D eigenvalue weighted by atomic mass is 9.55. The maximum absolute atomic E-state index is 11.9. The monoisotopic (exact) mass is 310 g/mol. The van der Waals surface area contributed by atoms with E-state index in [1.807, 2.05) is 0 Å². The van der Waals surface area contributed by atoms with E-state index in [4.69, 9.17) is 4.74 Å². The maximum atomic E-state index is 11.9. The number of Topliss-reactive ketones (excluding diaryl/α,β-unsaturated/α-hetero) is 1. The van der Waals surface area contributed by atoms with E-state index in [-0.39, 0.29) is 5.78 Å². The Hall–Kier alpha value is -1.57. The van der Waals surface area contributed by atoms with Crippen LogP contribution in [0.4, 0.5) is 0 Å². The van der Waals surface area contributed by atoms with E-state index in [0.29, 0.717) is 23.2 Å². The fourth-order valence-corrected chi connectivity index (χ4v) is 5.49. The molecule has 122 valence electrons. The molecule has 0 N–H and O–H groups in total. The second kappa shape index (κ2) is 5.22. The highest BCUT2D eigenvalue weighted by Crippen LogP contribution is 2.60. The average Bonchev–Trinajstić information content (AvgIpc) is 2.92. The van der Waals surface area contributed by atoms with Crippen LogP contribution in [0.3, 0.4) is 0 Å². The fourth-order valence-electron chi connectivity index (χ4n) is 5.49. The lowest BCUT2D eigenvalue weighted by Crippen LogP contribution is -2.39. The number of allylic oxidation sites excluding steroid dienone is 2. The van der Waals surface area contributed by atoms with Crippen molar-refractivity contribution in [1.82, 2.24) is 0 Å². The van der Waals surface area contributed by atoms with Crippen molar-refractivity contribution < 1.29 is 9.53 Å². The summed E-state index contributed by atoms with van der Waals surface area (Å²) in [5.74, 6) is 3.19. The van der Waals surface area contributed by atoms with E-state index >= 15 is 0 Å². The number of benzene rings is 1. The Balaban J connectivity index is 1.69. The van der Waals surface area contributed by atoms with Crippen molar-refractivity contribution in [1.29, 1.82) is 0 Å². The topological polar surface area (TPSA) is 26.3 Å². The van der Waals surface area contributed by atoms with Gasteiger partial charge in [-0.25, -0.2) is 0 Å². The molecule has 3 aliphatic carbocycles. The third-order valence-electron chi connectivity index (χ3n) is 6.73. The van der Waals surface area contributed by atoms with Crippen LogP contribution >= 0.6 is 0 Å². The van der Waals surface area contributed by atoms with Crippen molar-refractivity contribution in [2.24, 2.45) is 17.3 Å². The minimum Gasteiger partial charge on any atom is -0.497 e. The van der Waals surface area contributed by atoms with Crippen LogP contribution in [-0.2, 0) is 11.2 Å². The van der Waals surface area contributed by atoms with Crippen LogP contribution in [0.5, 0.6) is 5.75 Å². The Bertz CT molecular complexity index is 687. The Kier molecular flexibility index (Phi) is 3.40. The van der Waals surface area contributed by atoms with Crippen LogP contribution < -0.4 is 4.74 Å². The molecule has 0 aromatic heterocycles. The molecule has 1 aromatic rings. The van der Waals surface area contributed by atoms with Gasteiger partial charge < -0.3 is 4.74 Å². The first-order valence-corrected chi connectivity index (χ1v) is 8.90. The predicted octanol–water partition coefficient (Wildman–Crippen LogP) is 4.68. The van der Waals surface area contributed by atoms with Gasteiger partial charge in [0.1, 0.15) is 5.75 Å². The molecule has 0 spiro atoms. The summed E-state index contributed by atoms with van der Waals surface area (Å²) in [7, 11) is 1.74. The summed E-state index contributed by atoms with van der Waals surface area (Å²) in [5, 5.41) is 0. The van der Waals surface area contributed by atoms with E-state index in [1.165, 1.54) is 30.4 Å². The zero-order valence-corrected chi connectivity index (χ0v) is 14.4. The zero-order valence-electron chi connectivity index (χ0n) is 14.4. The van der Waals surface area contributed by atoms with Gasteiger partial charge in [0.05, 0.1) is 7.11 Å². The largest absolute Gasteiger partial charge is 0.497 e. The van der Waals surface area contributed by atoms with Gasteiger partial charge in [0, 0.05) is 0 Å². The SMILES string of the molecule is COc1ccc2c(c1)CC[C@@H]1[C@@H]2CC[C@@]2(C)CC(C(C)=O)=C[C@H]12. The van der Waals surface area contributed by atoms with Crippen LogP contribution in [-0.4, -0.2) is 12.9 Å². The molecule has 0 saturated heterocycles. The van der Waals surface area contributed by atoms with Crippen LogP contribution in [0, 0.1) is 17.3 Å². The molecule has 0 aliphatic heterocycles. The number of aryl methyl sites for hydroxylation is 1. The molecule has 1 aromatic carbocycles. The Labute approximate surface area is 138 Å². The van der Waals surface area contributed by atoms with Crippen molar-refractivity contribution in [3.8, 4) is 5.75 Å². The van der Waals surface area contributed by atoms with Crippen molar-refractivity contribution in [3.05, 3.63) is 41.0 Å². The smallest absolute Gasteiger partial charge is 0.155 e. The second-order valence-electron chi connectivity index (χ2n) is 8.02. The molecule has 23 heavy (non-hydrogen) atoms. The van der Waals surface area contributed by atoms with Crippen molar-refractivity contribution in [2.45, 2.75) is 51.9 Å². The lowest BCUT2D eigenvalue weighted by molar-refractivity contribution is -0.113. The summed E-state index contributed by atoms with van der Waals surface area (Å²) in [5.41, 5.74) is 4.40. The van der Waals surface area contributed by atoms with Gasteiger partial charge in [0.15, 0.2) is 5.78 Å². The minimum atomic E-state index is 0.276. The number of ether oxygens (including phenoxy) is 1. The van der Waals surface area contributed by atoms with Gasteiger partial charge in [-0.15, -0.1) is 0 Å². The number of ketones is 1.